The number of halogens is 4. The standard InChI is InChI=1S/C23H24F4N4O4/c1-11-8-28-22(34-5)12(2)20(11)30-21(33)15-6-16(24)14(17-9-31(4)19(10-32)29-17)7-18(15)35-13(3)23(25,26)27/h6-9,13,32H,10H2,1-5H3,(H,28,30,33)/t13-/m0/s1. The van der Waals surface area contributed by atoms with Gasteiger partial charge in [-0.05, 0) is 38.5 Å². The molecule has 0 unspecified atom stereocenters. The summed E-state index contributed by atoms with van der Waals surface area (Å²) in [7, 11) is 2.97. The molecule has 35 heavy (non-hydrogen) atoms. The molecule has 0 saturated carbocycles. The number of hydrogen-bond acceptors (Lipinski definition) is 6. The number of aliphatic hydroxyl groups excluding tert-OH is 1. The molecule has 0 spiro atoms. The third kappa shape index (κ3) is 5.37. The predicted molar refractivity (Wildman–Crippen MR) is 119 cm³/mol. The lowest BCUT2D eigenvalue weighted by Crippen LogP contribution is -2.32. The Labute approximate surface area is 198 Å². The highest BCUT2D eigenvalue weighted by molar-refractivity contribution is 6.07. The number of aromatic nitrogens is 3. The van der Waals surface area contributed by atoms with Gasteiger partial charge in [0, 0.05) is 30.6 Å². The zero-order chi connectivity index (χ0) is 26.1. The average Bonchev–Trinajstić information content (AvgIpc) is 3.17. The number of anilines is 1. The van der Waals surface area contributed by atoms with Gasteiger partial charge in [-0.1, -0.05) is 0 Å². The van der Waals surface area contributed by atoms with Gasteiger partial charge in [0.2, 0.25) is 5.88 Å². The summed E-state index contributed by atoms with van der Waals surface area (Å²) in [6, 6.07) is 1.78. The van der Waals surface area contributed by atoms with E-state index >= 15 is 4.39 Å². The number of pyridine rings is 1. The lowest BCUT2D eigenvalue weighted by Gasteiger charge is -2.21. The van der Waals surface area contributed by atoms with E-state index in [4.69, 9.17) is 9.47 Å². The number of aliphatic hydroxyl groups is 1. The van der Waals surface area contributed by atoms with Crippen molar-refractivity contribution in [2.24, 2.45) is 7.05 Å². The molecule has 188 valence electrons. The van der Waals surface area contributed by atoms with Gasteiger partial charge in [0.25, 0.3) is 5.91 Å². The largest absolute Gasteiger partial charge is 0.481 e. The fourth-order valence-corrected chi connectivity index (χ4v) is 3.36. The zero-order valence-electron chi connectivity index (χ0n) is 19.6. The molecule has 12 heteroatoms. The second kappa shape index (κ2) is 9.90. The number of imidazole rings is 1. The number of nitrogens with zero attached hydrogens (tertiary/aromatic N) is 3. The van der Waals surface area contributed by atoms with Crippen LogP contribution < -0.4 is 14.8 Å². The van der Waals surface area contributed by atoms with E-state index in [2.05, 4.69) is 15.3 Å². The molecule has 3 aromatic rings. The van der Waals surface area contributed by atoms with Gasteiger partial charge in [0.05, 0.1) is 24.1 Å². The molecule has 0 radical (unpaired) electrons. The highest BCUT2D eigenvalue weighted by Gasteiger charge is 2.39. The number of benzene rings is 1. The Morgan fingerprint density at radius 2 is 1.97 bits per heavy atom. The number of ether oxygens (including phenoxy) is 2. The first-order valence-corrected chi connectivity index (χ1v) is 10.4. The highest BCUT2D eigenvalue weighted by atomic mass is 19.4. The van der Waals surface area contributed by atoms with E-state index < -0.39 is 41.9 Å². The fourth-order valence-electron chi connectivity index (χ4n) is 3.36. The van der Waals surface area contributed by atoms with Crippen LogP contribution in [0.1, 0.15) is 34.2 Å². The fraction of sp³-hybridized carbons (Fsp3) is 0.348. The molecule has 0 saturated heterocycles. The summed E-state index contributed by atoms with van der Waals surface area (Å²) in [4.78, 5) is 21.3. The number of hydrogen-bond donors (Lipinski definition) is 2. The van der Waals surface area contributed by atoms with Crippen LogP contribution in [0.25, 0.3) is 11.3 Å². The number of nitrogens with one attached hydrogen (secondary N) is 1. The minimum atomic E-state index is -4.73. The van der Waals surface area contributed by atoms with Crippen LogP contribution in [-0.2, 0) is 13.7 Å². The van der Waals surface area contributed by atoms with Crippen LogP contribution in [0.4, 0.5) is 23.2 Å². The Morgan fingerprint density at radius 3 is 2.54 bits per heavy atom. The molecule has 2 N–H and O–H groups in total. The first-order chi connectivity index (χ1) is 16.4. The van der Waals surface area contributed by atoms with Crippen LogP contribution in [0.5, 0.6) is 11.6 Å². The molecule has 2 aromatic heterocycles. The number of rotatable bonds is 7. The quantitative estimate of drug-likeness (QED) is 0.473. The number of amides is 1. The van der Waals surface area contributed by atoms with E-state index in [0.29, 0.717) is 16.8 Å². The van der Waals surface area contributed by atoms with E-state index in [0.717, 1.165) is 19.1 Å². The molecular formula is C23H24F4N4O4. The summed E-state index contributed by atoms with van der Waals surface area (Å²) in [6.45, 7) is 3.65. The Bertz CT molecular complexity index is 1260. The predicted octanol–water partition coefficient (Wildman–Crippen LogP) is 4.32. The molecule has 0 fully saturated rings. The second-order valence-electron chi connectivity index (χ2n) is 7.85. The van der Waals surface area contributed by atoms with Gasteiger partial charge in [-0.2, -0.15) is 13.2 Å². The lowest BCUT2D eigenvalue weighted by molar-refractivity contribution is -0.189. The van der Waals surface area contributed by atoms with Gasteiger partial charge in [-0.25, -0.2) is 14.4 Å². The van der Waals surface area contributed by atoms with Crippen molar-refractivity contribution in [2.75, 3.05) is 12.4 Å². The maximum atomic E-state index is 15.1. The van der Waals surface area contributed by atoms with E-state index in [1.54, 1.807) is 20.9 Å². The van der Waals surface area contributed by atoms with Gasteiger partial charge < -0.3 is 24.5 Å². The van der Waals surface area contributed by atoms with Crippen LogP contribution in [0, 0.1) is 19.7 Å². The molecule has 3 rings (SSSR count). The van der Waals surface area contributed by atoms with E-state index in [1.165, 1.54) is 24.1 Å². The van der Waals surface area contributed by atoms with Crippen molar-refractivity contribution in [2.45, 2.75) is 39.7 Å². The summed E-state index contributed by atoms with van der Waals surface area (Å²) in [5, 5.41) is 11.9. The molecule has 0 aliphatic heterocycles. The monoisotopic (exact) mass is 496 g/mol. The third-order valence-corrected chi connectivity index (χ3v) is 5.37. The van der Waals surface area contributed by atoms with Crippen LogP contribution in [0.3, 0.4) is 0 Å². The minimum absolute atomic E-state index is 0.0519. The maximum absolute atomic E-state index is 15.1. The molecule has 0 aliphatic rings. The molecule has 0 aliphatic carbocycles. The third-order valence-electron chi connectivity index (χ3n) is 5.37. The molecule has 1 aromatic carbocycles. The number of aryl methyl sites for hydroxylation is 2. The number of alkyl halides is 3. The van der Waals surface area contributed by atoms with Crippen molar-refractivity contribution < 1.29 is 36.9 Å². The van der Waals surface area contributed by atoms with Crippen LogP contribution >= 0.6 is 0 Å². The van der Waals surface area contributed by atoms with Crippen molar-refractivity contribution in [3.05, 3.63) is 52.9 Å². The minimum Gasteiger partial charge on any atom is -0.481 e. The zero-order valence-corrected chi connectivity index (χ0v) is 19.6. The smallest absolute Gasteiger partial charge is 0.425 e. The summed E-state index contributed by atoms with van der Waals surface area (Å²) in [5.41, 5.74) is 0.767. The van der Waals surface area contributed by atoms with Crippen molar-refractivity contribution in [1.82, 2.24) is 14.5 Å². The Kier molecular flexibility index (Phi) is 7.34. The summed E-state index contributed by atoms with van der Waals surface area (Å²) in [5.74, 6) is -1.84. The molecule has 0 bridgehead atoms. The van der Waals surface area contributed by atoms with E-state index in [1.807, 2.05) is 0 Å². The van der Waals surface area contributed by atoms with Crippen molar-refractivity contribution in [3.8, 4) is 22.9 Å². The maximum Gasteiger partial charge on any atom is 0.425 e. The molecule has 8 nitrogen and oxygen atoms in total. The Balaban J connectivity index is 2.10. The lowest BCUT2D eigenvalue weighted by atomic mass is 10.1. The molecule has 1 atom stereocenters. The first kappa shape index (κ1) is 25.9. The van der Waals surface area contributed by atoms with Crippen molar-refractivity contribution >= 4 is 11.6 Å². The Hall–Kier alpha value is -3.67. The van der Waals surface area contributed by atoms with Crippen LogP contribution in [0.2, 0.25) is 0 Å². The van der Waals surface area contributed by atoms with Crippen molar-refractivity contribution in [1.29, 1.82) is 0 Å². The van der Waals surface area contributed by atoms with Gasteiger partial charge in [-0.3, -0.25) is 4.79 Å². The van der Waals surface area contributed by atoms with E-state index in [-0.39, 0.29) is 23.0 Å². The van der Waals surface area contributed by atoms with Crippen LogP contribution in [-0.4, -0.2) is 44.9 Å². The molecular weight excluding hydrogens is 472 g/mol. The number of carbonyl (C=O) groups excluding carboxylic acids is 1. The summed E-state index contributed by atoms with van der Waals surface area (Å²) >= 11 is 0. The first-order valence-electron chi connectivity index (χ1n) is 10.4. The molecule has 2 heterocycles. The van der Waals surface area contributed by atoms with Gasteiger partial charge >= 0.3 is 6.18 Å². The van der Waals surface area contributed by atoms with Crippen LogP contribution in [0.15, 0.2) is 24.5 Å². The van der Waals surface area contributed by atoms with E-state index in [9.17, 15) is 23.1 Å². The normalized spacial score (nSPS) is 12.4. The average molecular weight is 496 g/mol. The Morgan fingerprint density at radius 1 is 1.29 bits per heavy atom. The number of methoxy groups -OCH3 is 1. The molecule has 1 amide bonds. The highest BCUT2D eigenvalue weighted by Crippen LogP contribution is 2.34. The topological polar surface area (TPSA) is 98.5 Å². The van der Waals surface area contributed by atoms with Gasteiger partial charge in [0.1, 0.15) is 24.0 Å². The SMILES string of the molecule is COc1ncc(C)c(NC(=O)c2cc(F)c(-c3cn(C)c(CO)n3)cc2O[C@@H](C)C(F)(F)F)c1C. The van der Waals surface area contributed by atoms with Gasteiger partial charge in [-0.15, -0.1) is 0 Å². The van der Waals surface area contributed by atoms with Crippen molar-refractivity contribution in [3.63, 3.8) is 0 Å². The second-order valence-corrected chi connectivity index (χ2v) is 7.85. The number of carbonyl (C=O) groups is 1. The van der Waals surface area contributed by atoms with Gasteiger partial charge in [0.15, 0.2) is 6.10 Å². The summed E-state index contributed by atoms with van der Waals surface area (Å²) in [6.07, 6.45) is -4.16. The summed E-state index contributed by atoms with van der Waals surface area (Å²) < 4.78 is 66.5.